The molecule has 0 spiro atoms. The lowest BCUT2D eigenvalue weighted by Crippen LogP contribution is -1.98. The van der Waals surface area contributed by atoms with Crippen molar-refractivity contribution in [3.63, 3.8) is 0 Å². The van der Waals surface area contributed by atoms with Gasteiger partial charge in [0.25, 0.3) is 0 Å². The summed E-state index contributed by atoms with van der Waals surface area (Å²) < 4.78 is 12.9. The molecule has 0 atom stereocenters. The van der Waals surface area contributed by atoms with Crippen molar-refractivity contribution in [3.05, 3.63) is 23.5 Å². The van der Waals surface area contributed by atoms with E-state index < -0.39 is 5.82 Å². The minimum atomic E-state index is -0.438. The summed E-state index contributed by atoms with van der Waals surface area (Å²) in [4.78, 5) is 0. The van der Waals surface area contributed by atoms with Gasteiger partial charge in [0, 0.05) is 12.3 Å². The van der Waals surface area contributed by atoms with Crippen LogP contribution in [0.5, 0.6) is 0 Å². The standard InChI is InChI=1S/C10H10ClFN2/c11-4-2-1-3-7-5-8(12)6-9(13)10(7)14/h5-6H,2,4,13-14H2. The topological polar surface area (TPSA) is 52.0 Å². The Bertz CT molecular complexity index is 393. The third kappa shape index (κ3) is 2.54. The Morgan fingerprint density at radius 3 is 2.71 bits per heavy atom. The average Bonchev–Trinajstić information content (AvgIpc) is 2.13. The van der Waals surface area contributed by atoms with Crippen LogP contribution in [-0.2, 0) is 0 Å². The molecular weight excluding hydrogens is 203 g/mol. The van der Waals surface area contributed by atoms with Crippen LogP contribution in [-0.4, -0.2) is 5.88 Å². The molecule has 2 nitrogen and oxygen atoms in total. The summed E-state index contributed by atoms with van der Waals surface area (Å²) >= 11 is 5.44. The number of benzene rings is 1. The predicted molar refractivity (Wildman–Crippen MR) is 57.4 cm³/mol. The zero-order valence-corrected chi connectivity index (χ0v) is 8.24. The van der Waals surface area contributed by atoms with Crippen molar-refractivity contribution >= 4 is 23.0 Å². The SMILES string of the molecule is Nc1cc(F)cc(C#CCCCl)c1N. The maximum Gasteiger partial charge on any atom is 0.126 e. The first-order valence-corrected chi connectivity index (χ1v) is 4.58. The van der Waals surface area contributed by atoms with Gasteiger partial charge in [0.05, 0.1) is 16.9 Å². The van der Waals surface area contributed by atoms with Gasteiger partial charge in [0.2, 0.25) is 0 Å². The molecule has 14 heavy (non-hydrogen) atoms. The van der Waals surface area contributed by atoms with Gasteiger partial charge in [0.15, 0.2) is 0 Å². The quantitative estimate of drug-likeness (QED) is 0.425. The first-order valence-electron chi connectivity index (χ1n) is 4.04. The number of hydrogen-bond donors (Lipinski definition) is 2. The van der Waals surface area contributed by atoms with Gasteiger partial charge >= 0.3 is 0 Å². The third-order valence-corrected chi connectivity index (χ3v) is 1.81. The molecule has 74 valence electrons. The van der Waals surface area contributed by atoms with E-state index in [-0.39, 0.29) is 5.69 Å². The van der Waals surface area contributed by atoms with E-state index in [2.05, 4.69) is 11.8 Å². The summed E-state index contributed by atoms with van der Waals surface area (Å²) in [7, 11) is 0. The van der Waals surface area contributed by atoms with E-state index in [1.54, 1.807) is 0 Å². The highest BCUT2D eigenvalue weighted by Crippen LogP contribution is 2.20. The molecule has 0 radical (unpaired) electrons. The Balaban J connectivity index is 3.04. The molecule has 0 aliphatic heterocycles. The second-order valence-electron chi connectivity index (χ2n) is 2.70. The number of rotatable bonds is 1. The fourth-order valence-electron chi connectivity index (χ4n) is 0.948. The zero-order chi connectivity index (χ0) is 10.6. The first-order chi connectivity index (χ1) is 6.65. The second-order valence-corrected chi connectivity index (χ2v) is 3.07. The third-order valence-electron chi connectivity index (χ3n) is 1.62. The van der Waals surface area contributed by atoms with Gasteiger partial charge < -0.3 is 11.5 Å². The van der Waals surface area contributed by atoms with E-state index in [1.165, 1.54) is 12.1 Å². The van der Waals surface area contributed by atoms with Crippen LogP contribution in [0.2, 0.25) is 0 Å². The second kappa shape index (κ2) is 4.73. The molecular formula is C10H10ClFN2. The minimum absolute atomic E-state index is 0.208. The van der Waals surface area contributed by atoms with Crippen LogP contribution in [0.3, 0.4) is 0 Å². The van der Waals surface area contributed by atoms with E-state index >= 15 is 0 Å². The van der Waals surface area contributed by atoms with Gasteiger partial charge in [-0.2, -0.15) is 0 Å². The molecule has 0 amide bonds. The lowest BCUT2D eigenvalue weighted by molar-refractivity contribution is 0.628. The number of alkyl halides is 1. The van der Waals surface area contributed by atoms with Crippen LogP contribution in [0.25, 0.3) is 0 Å². The average molecular weight is 213 g/mol. The lowest BCUT2D eigenvalue weighted by Gasteiger charge is -2.02. The number of nitrogens with two attached hydrogens (primary N) is 2. The van der Waals surface area contributed by atoms with Gasteiger partial charge in [-0.05, 0) is 12.1 Å². The smallest absolute Gasteiger partial charge is 0.126 e. The summed E-state index contributed by atoms with van der Waals surface area (Å²) in [6.45, 7) is 0. The van der Waals surface area contributed by atoms with E-state index in [4.69, 9.17) is 23.1 Å². The normalized spacial score (nSPS) is 9.29. The fraction of sp³-hybridized carbons (Fsp3) is 0.200. The lowest BCUT2D eigenvalue weighted by atomic mass is 10.1. The Kier molecular flexibility index (Phi) is 3.61. The van der Waals surface area contributed by atoms with Crippen molar-refractivity contribution in [2.75, 3.05) is 17.3 Å². The summed E-state index contributed by atoms with van der Waals surface area (Å²) in [5.41, 5.74) is 12.0. The predicted octanol–water partition coefficient (Wildman–Crippen LogP) is 1.97. The van der Waals surface area contributed by atoms with Gasteiger partial charge in [-0.15, -0.1) is 11.6 Å². The van der Waals surface area contributed by atoms with Gasteiger partial charge in [-0.25, -0.2) is 4.39 Å². The van der Waals surface area contributed by atoms with Crippen molar-refractivity contribution < 1.29 is 4.39 Å². The van der Waals surface area contributed by atoms with Gasteiger partial charge in [-0.1, -0.05) is 11.8 Å². The van der Waals surface area contributed by atoms with Crippen molar-refractivity contribution in [1.82, 2.24) is 0 Å². The molecule has 1 aromatic rings. The molecule has 0 aliphatic carbocycles. The van der Waals surface area contributed by atoms with Crippen molar-refractivity contribution in [3.8, 4) is 11.8 Å². The number of nitrogen functional groups attached to an aromatic ring is 2. The van der Waals surface area contributed by atoms with Gasteiger partial charge in [-0.3, -0.25) is 0 Å². The Labute approximate surface area is 87.0 Å². The van der Waals surface area contributed by atoms with Crippen LogP contribution in [0.15, 0.2) is 12.1 Å². The van der Waals surface area contributed by atoms with Crippen LogP contribution in [0.1, 0.15) is 12.0 Å². The first kappa shape index (κ1) is 10.7. The highest BCUT2D eigenvalue weighted by atomic mass is 35.5. The summed E-state index contributed by atoms with van der Waals surface area (Å²) in [6.07, 6.45) is 0.539. The number of anilines is 2. The van der Waals surface area contributed by atoms with Gasteiger partial charge in [0.1, 0.15) is 5.82 Å². The molecule has 0 unspecified atom stereocenters. The van der Waals surface area contributed by atoms with Crippen molar-refractivity contribution in [1.29, 1.82) is 0 Å². The molecule has 4 heteroatoms. The summed E-state index contributed by atoms with van der Waals surface area (Å²) in [5.74, 6) is 5.48. The molecule has 1 rings (SSSR count). The molecule has 1 aromatic carbocycles. The highest BCUT2D eigenvalue weighted by molar-refractivity contribution is 6.18. The van der Waals surface area contributed by atoms with Crippen LogP contribution >= 0.6 is 11.6 Å². The van der Waals surface area contributed by atoms with E-state index in [9.17, 15) is 4.39 Å². The van der Waals surface area contributed by atoms with Crippen LogP contribution in [0, 0.1) is 17.7 Å². The van der Waals surface area contributed by atoms with E-state index in [0.717, 1.165) is 0 Å². The summed E-state index contributed by atoms with van der Waals surface area (Å²) in [5, 5.41) is 0. The maximum absolute atomic E-state index is 12.9. The largest absolute Gasteiger partial charge is 0.397 e. The zero-order valence-electron chi connectivity index (χ0n) is 7.48. The van der Waals surface area contributed by atoms with Crippen LogP contribution in [0.4, 0.5) is 15.8 Å². The fourth-order valence-corrected chi connectivity index (χ4v) is 1.04. The molecule has 0 aliphatic rings. The molecule has 0 aromatic heterocycles. The molecule has 4 N–H and O–H groups in total. The number of hydrogen-bond acceptors (Lipinski definition) is 2. The highest BCUT2D eigenvalue weighted by Gasteiger charge is 2.02. The number of halogens is 2. The Morgan fingerprint density at radius 1 is 1.36 bits per heavy atom. The van der Waals surface area contributed by atoms with Crippen molar-refractivity contribution in [2.45, 2.75) is 6.42 Å². The minimum Gasteiger partial charge on any atom is -0.397 e. The maximum atomic E-state index is 12.9. The van der Waals surface area contributed by atoms with E-state index in [0.29, 0.717) is 23.6 Å². The van der Waals surface area contributed by atoms with Crippen molar-refractivity contribution in [2.24, 2.45) is 0 Å². The Morgan fingerprint density at radius 2 is 2.07 bits per heavy atom. The molecule has 0 fully saturated rings. The molecule has 0 saturated heterocycles. The summed E-state index contributed by atoms with van der Waals surface area (Å²) in [6, 6.07) is 2.43. The molecule has 0 bridgehead atoms. The van der Waals surface area contributed by atoms with E-state index in [1.807, 2.05) is 0 Å². The molecule has 0 heterocycles. The Hall–Kier alpha value is -1.40. The monoisotopic (exact) mass is 212 g/mol. The van der Waals surface area contributed by atoms with Crippen LogP contribution < -0.4 is 11.5 Å². The molecule has 0 saturated carbocycles.